The fraction of sp³-hybridized carbons (Fsp3) is 0.733. The molecule has 0 saturated carbocycles. The summed E-state index contributed by atoms with van der Waals surface area (Å²) in [6.07, 6.45) is 10.7. The van der Waals surface area contributed by atoms with Crippen molar-refractivity contribution >= 4 is 0 Å². The minimum Gasteiger partial charge on any atom is -0.378 e. The van der Waals surface area contributed by atoms with Crippen molar-refractivity contribution in [2.45, 2.75) is 32.2 Å². The van der Waals surface area contributed by atoms with Crippen LogP contribution in [0.3, 0.4) is 0 Å². The highest BCUT2D eigenvalue weighted by molar-refractivity contribution is 5.22. The van der Waals surface area contributed by atoms with Gasteiger partial charge >= 0.3 is 0 Å². The number of piperidine rings is 1. The average molecular weight is 250 g/mol. The van der Waals surface area contributed by atoms with Crippen LogP contribution in [-0.4, -0.2) is 55.7 Å². The molecule has 2 heterocycles. The van der Waals surface area contributed by atoms with Crippen molar-refractivity contribution in [3.63, 3.8) is 0 Å². The first kappa shape index (κ1) is 13.6. The zero-order chi connectivity index (χ0) is 12.8. The lowest BCUT2D eigenvalue weighted by atomic mass is 10.1. The maximum absolute atomic E-state index is 5.82. The largest absolute Gasteiger partial charge is 0.378 e. The molecular weight excluding hydrogens is 224 g/mol. The Kier molecular flexibility index (Phi) is 5.26. The van der Waals surface area contributed by atoms with Gasteiger partial charge in [-0.3, -0.25) is 0 Å². The standard InChI is InChI=1S/C15H26N2O/c1-14-6-7-15(16(2)12-14)13-18-11-10-17-8-4-3-5-9-17/h6-7,12,15H,3-5,8-11,13H2,1-2H3. The molecule has 0 aromatic carbocycles. The highest BCUT2D eigenvalue weighted by Crippen LogP contribution is 2.12. The number of ether oxygens (including phenoxy) is 1. The van der Waals surface area contributed by atoms with Crippen molar-refractivity contribution in [1.29, 1.82) is 0 Å². The van der Waals surface area contributed by atoms with Gasteiger partial charge in [0.05, 0.1) is 19.3 Å². The summed E-state index contributed by atoms with van der Waals surface area (Å²) in [6.45, 7) is 7.39. The van der Waals surface area contributed by atoms with Gasteiger partial charge in [-0.05, 0) is 38.4 Å². The van der Waals surface area contributed by atoms with Gasteiger partial charge in [-0.15, -0.1) is 0 Å². The molecule has 0 spiro atoms. The number of likely N-dealkylation sites (tertiary alicyclic amines) is 1. The second-order valence-corrected chi connectivity index (χ2v) is 5.44. The molecule has 0 bridgehead atoms. The van der Waals surface area contributed by atoms with Crippen LogP contribution in [0, 0.1) is 0 Å². The average Bonchev–Trinajstić information content (AvgIpc) is 2.38. The van der Waals surface area contributed by atoms with Crippen LogP contribution < -0.4 is 0 Å². The van der Waals surface area contributed by atoms with E-state index in [1.807, 2.05) is 0 Å². The van der Waals surface area contributed by atoms with Crippen molar-refractivity contribution in [2.75, 3.05) is 39.9 Å². The van der Waals surface area contributed by atoms with Crippen LogP contribution >= 0.6 is 0 Å². The summed E-state index contributed by atoms with van der Waals surface area (Å²) in [7, 11) is 2.12. The second-order valence-electron chi connectivity index (χ2n) is 5.44. The van der Waals surface area contributed by atoms with Crippen LogP contribution in [0.15, 0.2) is 23.9 Å². The summed E-state index contributed by atoms with van der Waals surface area (Å²) in [4.78, 5) is 4.75. The Morgan fingerprint density at radius 1 is 1.28 bits per heavy atom. The second kappa shape index (κ2) is 6.95. The van der Waals surface area contributed by atoms with E-state index in [0.717, 1.165) is 19.8 Å². The van der Waals surface area contributed by atoms with Crippen LogP contribution in [0.1, 0.15) is 26.2 Å². The van der Waals surface area contributed by atoms with Gasteiger partial charge in [0.1, 0.15) is 0 Å². The first-order chi connectivity index (χ1) is 8.75. The predicted octanol–water partition coefficient (Wildman–Crippen LogP) is 2.26. The van der Waals surface area contributed by atoms with Crippen LogP contribution in [0.25, 0.3) is 0 Å². The Hall–Kier alpha value is -0.800. The van der Waals surface area contributed by atoms with Crippen molar-refractivity contribution in [2.24, 2.45) is 0 Å². The van der Waals surface area contributed by atoms with E-state index >= 15 is 0 Å². The van der Waals surface area contributed by atoms with Gasteiger partial charge in [-0.25, -0.2) is 0 Å². The van der Waals surface area contributed by atoms with Gasteiger partial charge in [0.15, 0.2) is 0 Å². The quantitative estimate of drug-likeness (QED) is 0.696. The van der Waals surface area contributed by atoms with E-state index in [4.69, 9.17) is 4.74 Å². The Balaban J connectivity index is 1.59. The molecular formula is C15H26N2O. The van der Waals surface area contributed by atoms with Gasteiger partial charge in [0.2, 0.25) is 0 Å². The topological polar surface area (TPSA) is 15.7 Å². The molecule has 1 saturated heterocycles. The van der Waals surface area contributed by atoms with Gasteiger partial charge < -0.3 is 14.5 Å². The van der Waals surface area contributed by atoms with Crippen LogP contribution in [-0.2, 0) is 4.74 Å². The van der Waals surface area contributed by atoms with Crippen molar-refractivity contribution < 1.29 is 4.74 Å². The number of rotatable bonds is 5. The third-order valence-electron chi connectivity index (χ3n) is 3.80. The minimum atomic E-state index is 0.398. The lowest BCUT2D eigenvalue weighted by molar-refractivity contribution is 0.0739. The Bertz CT molecular complexity index is 306. The van der Waals surface area contributed by atoms with Crippen LogP contribution in [0.4, 0.5) is 0 Å². The van der Waals surface area contributed by atoms with E-state index in [9.17, 15) is 0 Å². The molecule has 2 aliphatic rings. The fourth-order valence-corrected chi connectivity index (χ4v) is 2.61. The molecule has 0 aliphatic carbocycles. The van der Waals surface area contributed by atoms with E-state index < -0.39 is 0 Å². The normalized spacial score (nSPS) is 25.3. The van der Waals surface area contributed by atoms with Gasteiger partial charge in [0, 0.05) is 19.8 Å². The van der Waals surface area contributed by atoms with Crippen LogP contribution in [0.2, 0.25) is 0 Å². The van der Waals surface area contributed by atoms with Crippen molar-refractivity contribution in [1.82, 2.24) is 9.80 Å². The molecule has 3 nitrogen and oxygen atoms in total. The van der Waals surface area contributed by atoms with Crippen LogP contribution in [0.5, 0.6) is 0 Å². The SMILES string of the molecule is CC1=CN(C)C(COCCN2CCCCC2)C=C1. The number of likely N-dealkylation sites (N-methyl/N-ethyl adjacent to an activating group) is 1. The molecule has 0 aromatic heterocycles. The molecule has 0 amide bonds. The molecule has 1 unspecified atom stereocenters. The number of allylic oxidation sites excluding steroid dienone is 2. The first-order valence-electron chi connectivity index (χ1n) is 7.14. The highest BCUT2D eigenvalue weighted by Gasteiger charge is 2.13. The molecule has 2 rings (SSSR count). The lowest BCUT2D eigenvalue weighted by Crippen LogP contribution is -2.35. The minimum absolute atomic E-state index is 0.398. The van der Waals surface area contributed by atoms with E-state index in [-0.39, 0.29) is 0 Å². The molecule has 2 aliphatic heterocycles. The summed E-state index contributed by atoms with van der Waals surface area (Å²) in [5.74, 6) is 0. The summed E-state index contributed by atoms with van der Waals surface area (Å²) < 4.78 is 5.82. The molecule has 0 aromatic rings. The Morgan fingerprint density at radius 3 is 2.78 bits per heavy atom. The molecule has 0 radical (unpaired) electrons. The van der Waals surface area contributed by atoms with Crippen molar-refractivity contribution in [3.8, 4) is 0 Å². The molecule has 102 valence electrons. The zero-order valence-corrected chi connectivity index (χ0v) is 11.8. The van der Waals surface area contributed by atoms with E-state index in [1.54, 1.807) is 0 Å². The summed E-state index contributed by atoms with van der Waals surface area (Å²) >= 11 is 0. The van der Waals surface area contributed by atoms with Crippen molar-refractivity contribution in [3.05, 3.63) is 23.9 Å². The van der Waals surface area contributed by atoms with E-state index in [1.165, 1.54) is 37.9 Å². The van der Waals surface area contributed by atoms with E-state index in [2.05, 4.69) is 42.1 Å². The summed E-state index contributed by atoms with van der Waals surface area (Å²) in [5.41, 5.74) is 1.31. The molecule has 0 N–H and O–H groups in total. The fourth-order valence-electron chi connectivity index (χ4n) is 2.61. The Morgan fingerprint density at radius 2 is 2.06 bits per heavy atom. The van der Waals surface area contributed by atoms with Gasteiger partial charge in [-0.1, -0.05) is 18.6 Å². The first-order valence-corrected chi connectivity index (χ1v) is 7.14. The van der Waals surface area contributed by atoms with Gasteiger partial charge in [-0.2, -0.15) is 0 Å². The third kappa shape index (κ3) is 4.14. The Labute approximate surface area is 111 Å². The maximum Gasteiger partial charge on any atom is 0.0706 e. The number of hydrogen-bond donors (Lipinski definition) is 0. The number of hydrogen-bond acceptors (Lipinski definition) is 3. The predicted molar refractivity (Wildman–Crippen MR) is 75.6 cm³/mol. The monoisotopic (exact) mass is 250 g/mol. The van der Waals surface area contributed by atoms with Gasteiger partial charge in [0.25, 0.3) is 0 Å². The zero-order valence-electron chi connectivity index (χ0n) is 11.8. The number of nitrogens with zero attached hydrogens (tertiary/aromatic N) is 2. The molecule has 3 heteroatoms. The maximum atomic E-state index is 5.82. The lowest BCUT2D eigenvalue weighted by Gasteiger charge is -2.29. The third-order valence-corrected chi connectivity index (χ3v) is 3.80. The molecule has 1 atom stereocenters. The molecule has 18 heavy (non-hydrogen) atoms. The summed E-state index contributed by atoms with van der Waals surface area (Å²) in [5, 5.41) is 0. The summed E-state index contributed by atoms with van der Waals surface area (Å²) in [6, 6.07) is 0.398. The highest BCUT2D eigenvalue weighted by atomic mass is 16.5. The molecule has 1 fully saturated rings. The smallest absolute Gasteiger partial charge is 0.0706 e. The van der Waals surface area contributed by atoms with E-state index in [0.29, 0.717) is 6.04 Å².